The van der Waals surface area contributed by atoms with E-state index in [1.54, 1.807) is 0 Å². The number of aliphatic hydroxyl groups is 1. The molecule has 4 atom stereocenters. The van der Waals surface area contributed by atoms with Gasteiger partial charge in [-0.2, -0.15) is 0 Å². The fraction of sp³-hybridized carbons (Fsp3) is 0.917. The lowest BCUT2D eigenvalue weighted by molar-refractivity contribution is -0.155. The van der Waals surface area contributed by atoms with Gasteiger partial charge in [0.1, 0.15) is 18.3 Å². The van der Waals surface area contributed by atoms with E-state index in [1.807, 2.05) is 20.8 Å². The molecule has 2 heterocycles. The van der Waals surface area contributed by atoms with Gasteiger partial charge in [-0.3, -0.25) is 4.79 Å². The topological polar surface area (TPSA) is 65.0 Å². The molecule has 2 rings (SSSR count). The van der Waals surface area contributed by atoms with E-state index in [0.717, 1.165) is 0 Å². The maximum Gasteiger partial charge on any atom is 0.306 e. The number of hydrogen-bond donors (Lipinski definition) is 1. The smallest absolute Gasteiger partial charge is 0.306 e. The van der Waals surface area contributed by atoms with Crippen molar-refractivity contribution in [1.82, 2.24) is 0 Å². The molecule has 0 aliphatic carbocycles. The van der Waals surface area contributed by atoms with Crippen molar-refractivity contribution in [3.8, 4) is 0 Å². The molecule has 0 aromatic heterocycles. The first kappa shape index (κ1) is 12.8. The van der Waals surface area contributed by atoms with E-state index in [0.29, 0.717) is 13.0 Å². The summed E-state index contributed by atoms with van der Waals surface area (Å²) in [5, 5.41) is 9.55. The summed E-state index contributed by atoms with van der Waals surface area (Å²) < 4.78 is 16.1. The Kier molecular flexibility index (Phi) is 3.43. The van der Waals surface area contributed by atoms with Crippen LogP contribution in [0.5, 0.6) is 0 Å². The van der Waals surface area contributed by atoms with Crippen LogP contribution < -0.4 is 0 Å². The van der Waals surface area contributed by atoms with Gasteiger partial charge in [0.25, 0.3) is 0 Å². The maximum absolute atomic E-state index is 11.7. The van der Waals surface area contributed by atoms with Crippen molar-refractivity contribution in [3.63, 3.8) is 0 Å². The molecule has 0 aromatic rings. The standard InChI is InChI=1S/C12H20O5/c1-12(2,3)4-9(14)17-8-6-16-10-7(13)5-15-11(8)10/h7-8,10-11,13H,4-6H2,1-3H3/t7-,8+,10-,11-/m1/s1. The van der Waals surface area contributed by atoms with E-state index in [2.05, 4.69) is 0 Å². The van der Waals surface area contributed by atoms with E-state index < -0.39 is 6.10 Å². The molecule has 0 saturated carbocycles. The van der Waals surface area contributed by atoms with Gasteiger partial charge in [0.2, 0.25) is 0 Å². The van der Waals surface area contributed by atoms with E-state index in [9.17, 15) is 9.90 Å². The average Bonchev–Trinajstić information content (AvgIpc) is 2.69. The molecule has 0 spiro atoms. The predicted molar refractivity (Wildman–Crippen MR) is 59.4 cm³/mol. The molecular formula is C12H20O5. The first-order chi connectivity index (χ1) is 7.87. The van der Waals surface area contributed by atoms with E-state index in [-0.39, 0.29) is 36.3 Å². The molecular weight excluding hydrogens is 224 g/mol. The van der Waals surface area contributed by atoms with Crippen molar-refractivity contribution in [1.29, 1.82) is 0 Å². The van der Waals surface area contributed by atoms with Crippen LogP contribution in [0, 0.1) is 5.41 Å². The van der Waals surface area contributed by atoms with Crippen LogP contribution in [-0.4, -0.2) is 48.7 Å². The number of carbonyl (C=O) groups is 1. The van der Waals surface area contributed by atoms with Crippen molar-refractivity contribution < 1.29 is 24.1 Å². The predicted octanol–water partition coefficient (Wildman–Crippen LogP) is 0.493. The summed E-state index contributed by atoms with van der Waals surface area (Å²) >= 11 is 0. The number of carbonyl (C=O) groups excluding carboxylic acids is 1. The Morgan fingerprint density at radius 3 is 2.59 bits per heavy atom. The number of fused-ring (bicyclic) bond motifs is 1. The summed E-state index contributed by atoms with van der Waals surface area (Å²) in [4.78, 5) is 11.7. The molecule has 98 valence electrons. The third-order valence-electron chi connectivity index (χ3n) is 2.94. The second-order valence-electron chi connectivity index (χ2n) is 5.93. The largest absolute Gasteiger partial charge is 0.457 e. The molecule has 0 amide bonds. The van der Waals surface area contributed by atoms with Crippen molar-refractivity contribution in [3.05, 3.63) is 0 Å². The third kappa shape index (κ3) is 2.97. The Morgan fingerprint density at radius 2 is 1.94 bits per heavy atom. The van der Waals surface area contributed by atoms with E-state index in [1.165, 1.54) is 0 Å². The van der Waals surface area contributed by atoms with Crippen LogP contribution in [-0.2, 0) is 19.0 Å². The van der Waals surface area contributed by atoms with Gasteiger partial charge in [-0.05, 0) is 5.41 Å². The van der Waals surface area contributed by atoms with Crippen molar-refractivity contribution in [2.45, 2.75) is 51.6 Å². The van der Waals surface area contributed by atoms with E-state index >= 15 is 0 Å². The summed E-state index contributed by atoms with van der Waals surface area (Å²) in [6.45, 7) is 6.51. The van der Waals surface area contributed by atoms with Crippen LogP contribution in [0.4, 0.5) is 0 Å². The minimum Gasteiger partial charge on any atom is -0.457 e. The number of aliphatic hydroxyl groups excluding tert-OH is 1. The molecule has 0 unspecified atom stereocenters. The van der Waals surface area contributed by atoms with Gasteiger partial charge in [-0.1, -0.05) is 20.8 Å². The van der Waals surface area contributed by atoms with Crippen LogP contribution in [0.3, 0.4) is 0 Å². The number of esters is 1. The minimum atomic E-state index is -0.605. The number of rotatable bonds is 2. The Balaban J connectivity index is 1.86. The van der Waals surface area contributed by atoms with Crippen LogP contribution in [0.25, 0.3) is 0 Å². The van der Waals surface area contributed by atoms with Crippen molar-refractivity contribution >= 4 is 5.97 Å². The quantitative estimate of drug-likeness (QED) is 0.716. The summed E-state index contributed by atoms with van der Waals surface area (Å²) in [5.74, 6) is -0.239. The second-order valence-corrected chi connectivity index (χ2v) is 5.93. The third-order valence-corrected chi connectivity index (χ3v) is 2.94. The SMILES string of the molecule is CC(C)(C)CC(=O)O[C@H]1CO[C@H]2[C@@H]1OC[C@H]2O. The zero-order chi connectivity index (χ0) is 12.6. The fourth-order valence-electron chi connectivity index (χ4n) is 2.19. The summed E-state index contributed by atoms with van der Waals surface area (Å²) in [6.07, 6.45) is -1.28. The van der Waals surface area contributed by atoms with Gasteiger partial charge in [0, 0.05) is 0 Å². The lowest BCUT2D eigenvalue weighted by atomic mass is 9.92. The van der Waals surface area contributed by atoms with Crippen LogP contribution in [0.1, 0.15) is 27.2 Å². The summed E-state index contributed by atoms with van der Waals surface area (Å²) in [5.41, 5.74) is -0.0913. The van der Waals surface area contributed by atoms with Crippen molar-refractivity contribution in [2.24, 2.45) is 5.41 Å². The van der Waals surface area contributed by atoms with Gasteiger partial charge in [0.15, 0.2) is 6.10 Å². The molecule has 2 fully saturated rings. The number of ether oxygens (including phenoxy) is 3. The molecule has 5 nitrogen and oxygen atoms in total. The molecule has 0 bridgehead atoms. The normalized spacial score (nSPS) is 36.9. The molecule has 2 aliphatic rings. The zero-order valence-corrected chi connectivity index (χ0v) is 10.5. The summed E-state index contributed by atoms with van der Waals surface area (Å²) in [7, 11) is 0. The highest BCUT2D eigenvalue weighted by Gasteiger charge is 2.48. The molecule has 1 N–H and O–H groups in total. The van der Waals surface area contributed by atoms with E-state index in [4.69, 9.17) is 14.2 Å². The highest BCUT2D eigenvalue weighted by atomic mass is 16.6. The van der Waals surface area contributed by atoms with Gasteiger partial charge < -0.3 is 19.3 Å². The monoisotopic (exact) mass is 244 g/mol. The number of hydrogen-bond acceptors (Lipinski definition) is 5. The first-order valence-electron chi connectivity index (χ1n) is 5.97. The Labute approximate surface area is 101 Å². The van der Waals surface area contributed by atoms with Gasteiger partial charge in [0.05, 0.1) is 19.6 Å². The molecule has 0 radical (unpaired) electrons. The second kappa shape index (κ2) is 4.55. The molecule has 17 heavy (non-hydrogen) atoms. The summed E-state index contributed by atoms with van der Waals surface area (Å²) in [6, 6.07) is 0. The lowest BCUT2D eigenvalue weighted by Gasteiger charge is -2.20. The zero-order valence-electron chi connectivity index (χ0n) is 10.5. The van der Waals surface area contributed by atoms with Crippen molar-refractivity contribution in [2.75, 3.05) is 13.2 Å². The van der Waals surface area contributed by atoms with Gasteiger partial charge in [-0.15, -0.1) is 0 Å². The molecule has 0 aromatic carbocycles. The van der Waals surface area contributed by atoms with Gasteiger partial charge >= 0.3 is 5.97 Å². The average molecular weight is 244 g/mol. The van der Waals surface area contributed by atoms with Crippen LogP contribution >= 0.6 is 0 Å². The minimum absolute atomic E-state index is 0.0913. The molecule has 2 aliphatic heterocycles. The fourth-order valence-corrected chi connectivity index (χ4v) is 2.19. The Hall–Kier alpha value is -0.650. The van der Waals surface area contributed by atoms with Crippen LogP contribution in [0.2, 0.25) is 0 Å². The maximum atomic E-state index is 11.7. The highest BCUT2D eigenvalue weighted by molar-refractivity contribution is 5.70. The van der Waals surface area contributed by atoms with Gasteiger partial charge in [-0.25, -0.2) is 0 Å². The highest BCUT2D eigenvalue weighted by Crippen LogP contribution is 2.29. The molecule has 2 saturated heterocycles. The molecule has 5 heteroatoms. The van der Waals surface area contributed by atoms with Crippen LogP contribution in [0.15, 0.2) is 0 Å². The Bertz CT molecular complexity index is 296. The Morgan fingerprint density at radius 1 is 1.29 bits per heavy atom. The first-order valence-corrected chi connectivity index (χ1v) is 5.97. The lowest BCUT2D eigenvalue weighted by Crippen LogP contribution is -2.34.